The minimum Gasteiger partial charge on any atom is -0.463 e. The summed E-state index contributed by atoms with van der Waals surface area (Å²) in [7, 11) is 0. The fraction of sp³-hybridized carbons (Fsp3) is 0.742. The average Bonchev–Trinajstić information content (AvgIpc) is 2.92. The maximum Gasteiger partial charge on any atom is 0.338 e. The average molecular weight is 521 g/mol. The monoisotopic (exact) mass is 520 g/mol. The summed E-state index contributed by atoms with van der Waals surface area (Å²) in [5.41, 5.74) is 0.528. The molecule has 0 saturated heterocycles. The Hall–Kier alpha value is -1.92. The summed E-state index contributed by atoms with van der Waals surface area (Å²) in [5.74, 6) is -0.499. The van der Waals surface area contributed by atoms with E-state index in [1.807, 2.05) is 6.07 Å². The van der Waals surface area contributed by atoms with Crippen molar-refractivity contribution in [1.29, 1.82) is 0 Å². The highest BCUT2D eigenvalue weighted by molar-refractivity contribution is 5.89. The lowest BCUT2D eigenvalue weighted by molar-refractivity contribution is -0.145. The van der Waals surface area contributed by atoms with Crippen LogP contribution >= 0.6 is 0 Å². The second kappa shape index (κ2) is 25.7. The van der Waals surface area contributed by atoms with E-state index >= 15 is 0 Å². The summed E-state index contributed by atoms with van der Waals surface area (Å²) in [6, 6.07) is 8.86. The van der Waals surface area contributed by atoms with Crippen LogP contribution in [-0.2, 0) is 23.7 Å². The van der Waals surface area contributed by atoms with Crippen LogP contribution in [0.25, 0.3) is 0 Å². The molecule has 0 aromatic heterocycles. The van der Waals surface area contributed by atoms with E-state index in [0.717, 1.165) is 12.8 Å². The van der Waals surface area contributed by atoms with Gasteiger partial charge in [0, 0.05) is 6.42 Å². The molecule has 0 saturated carbocycles. The third kappa shape index (κ3) is 21.8. The fourth-order valence-electron chi connectivity index (χ4n) is 4.10. The van der Waals surface area contributed by atoms with Gasteiger partial charge in [0.05, 0.1) is 32.0 Å². The number of carbonyl (C=O) groups excluding carboxylic acids is 2. The Morgan fingerprint density at radius 2 is 0.973 bits per heavy atom. The van der Waals surface area contributed by atoms with Gasteiger partial charge in [0.15, 0.2) is 0 Å². The molecule has 6 heteroatoms. The van der Waals surface area contributed by atoms with Crippen LogP contribution < -0.4 is 0 Å². The third-order valence-corrected chi connectivity index (χ3v) is 6.32. The summed E-state index contributed by atoms with van der Waals surface area (Å²) in [5, 5.41) is 0. The maximum absolute atomic E-state index is 11.8. The zero-order chi connectivity index (χ0) is 26.7. The zero-order valence-corrected chi connectivity index (χ0v) is 23.4. The van der Waals surface area contributed by atoms with Crippen molar-refractivity contribution in [3.63, 3.8) is 0 Å². The summed E-state index contributed by atoms with van der Waals surface area (Å²) >= 11 is 0. The fourth-order valence-corrected chi connectivity index (χ4v) is 4.10. The molecule has 1 rings (SSSR count). The first-order chi connectivity index (χ1) is 18.2. The van der Waals surface area contributed by atoms with Gasteiger partial charge >= 0.3 is 11.9 Å². The molecule has 0 aliphatic carbocycles. The molecule has 1 aromatic rings. The summed E-state index contributed by atoms with van der Waals surface area (Å²) < 4.78 is 21.1. The maximum atomic E-state index is 11.8. The molecule has 212 valence electrons. The minimum absolute atomic E-state index is 0.144. The summed E-state index contributed by atoms with van der Waals surface area (Å²) in [6.45, 7) is 4.22. The molecule has 0 heterocycles. The van der Waals surface area contributed by atoms with E-state index in [-0.39, 0.29) is 25.2 Å². The van der Waals surface area contributed by atoms with Crippen LogP contribution in [0.3, 0.4) is 0 Å². The van der Waals surface area contributed by atoms with Gasteiger partial charge in [-0.2, -0.15) is 0 Å². The van der Waals surface area contributed by atoms with Crippen LogP contribution in [0.2, 0.25) is 0 Å². The number of benzene rings is 1. The van der Waals surface area contributed by atoms with Crippen LogP contribution in [0.5, 0.6) is 0 Å². The molecule has 0 N–H and O–H groups in total. The lowest BCUT2D eigenvalue weighted by Gasteiger charge is -2.08. The highest BCUT2D eigenvalue weighted by Crippen LogP contribution is 2.13. The topological polar surface area (TPSA) is 71.1 Å². The standard InChI is InChI=1S/C31H52O6/c1-2-3-4-5-6-7-8-9-10-11-12-13-14-15-19-22-30(32)36-27-25-34-23-24-35-26-28-37-31(33)29-20-17-16-18-21-29/h16-18,20-21H,2-15,19,22-28H2,1H3. The first-order valence-corrected chi connectivity index (χ1v) is 14.8. The van der Waals surface area contributed by atoms with Gasteiger partial charge in [-0.15, -0.1) is 0 Å². The van der Waals surface area contributed by atoms with E-state index in [1.54, 1.807) is 24.3 Å². The quantitative estimate of drug-likeness (QED) is 0.0921. The van der Waals surface area contributed by atoms with Gasteiger partial charge in [-0.1, -0.05) is 115 Å². The molecule has 37 heavy (non-hydrogen) atoms. The number of carbonyl (C=O) groups is 2. The molecular weight excluding hydrogens is 468 g/mol. The molecule has 0 spiro atoms. The lowest BCUT2D eigenvalue weighted by atomic mass is 10.0. The molecule has 0 fully saturated rings. The van der Waals surface area contributed by atoms with Crippen molar-refractivity contribution in [2.24, 2.45) is 0 Å². The Labute approximate surface area is 225 Å². The van der Waals surface area contributed by atoms with Crippen molar-refractivity contribution in [1.82, 2.24) is 0 Å². The molecule has 0 radical (unpaired) electrons. The molecule has 0 atom stereocenters. The highest BCUT2D eigenvalue weighted by atomic mass is 16.6. The normalized spacial score (nSPS) is 10.9. The largest absolute Gasteiger partial charge is 0.463 e. The van der Waals surface area contributed by atoms with Crippen LogP contribution in [0, 0.1) is 0 Å². The van der Waals surface area contributed by atoms with Crippen molar-refractivity contribution < 1.29 is 28.5 Å². The summed E-state index contributed by atoms with van der Waals surface area (Å²) in [4.78, 5) is 23.6. The van der Waals surface area contributed by atoms with Crippen molar-refractivity contribution in [3.05, 3.63) is 35.9 Å². The van der Waals surface area contributed by atoms with E-state index < -0.39 is 0 Å². The Bertz CT molecular complexity index is 648. The summed E-state index contributed by atoms with van der Waals surface area (Å²) in [6.07, 6.45) is 20.2. The Kier molecular flexibility index (Phi) is 23.0. The van der Waals surface area contributed by atoms with Gasteiger partial charge in [-0.25, -0.2) is 4.79 Å². The third-order valence-electron chi connectivity index (χ3n) is 6.32. The van der Waals surface area contributed by atoms with E-state index in [0.29, 0.717) is 38.4 Å². The van der Waals surface area contributed by atoms with Gasteiger partial charge in [0.1, 0.15) is 13.2 Å². The molecule has 0 aliphatic rings. The zero-order valence-electron chi connectivity index (χ0n) is 23.4. The second-order valence-electron chi connectivity index (χ2n) is 9.65. The Morgan fingerprint density at radius 1 is 0.541 bits per heavy atom. The SMILES string of the molecule is CCCCCCCCCCCCCCCCCC(=O)OCCOCCOCCOC(=O)c1ccccc1. The van der Waals surface area contributed by atoms with Crippen LogP contribution in [0.4, 0.5) is 0 Å². The number of hydrogen-bond acceptors (Lipinski definition) is 6. The van der Waals surface area contributed by atoms with Gasteiger partial charge in [0.25, 0.3) is 0 Å². The first kappa shape index (κ1) is 33.1. The first-order valence-electron chi connectivity index (χ1n) is 14.8. The van der Waals surface area contributed by atoms with Crippen LogP contribution in [0.1, 0.15) is 120 Å². The van der Waals surface area contributed by atoms with Crippen molar-refractivity contribution >= 4 is 11.9 Å². The van der Waals surface area contributed by atoms with Crippen molar-refractivity contribution in [2.45, 2.75) is 110 Å². The van der Waals surface area contributed by atoms with Gasteiger partial charge in [-0.05, 0) is 18.6 Å². The predicted molar refractivity (Wildman–Crippen MR) is 149 cm³/mol. The Morgan fingerprint density at radius 3 is 1.49 bits per heavy atom. The van der Waals surface area contributed by atoms with Gasteiger partial charge in [0.2, 0.25) is 0 Å². The van der Waals surface area contributed by atoms with Crippen LogP contribution in [0.15, 0.2) is 30.3 Å². The van der Waals surface area contributed by atoms with Crippen LogP contribution in [-0.4, -0.2) is 51.6 Å². The van der Waals surface area contributed by atoms with Crippen molar-refractivity contribution in [3.8, 4) is 0 Å². The van der Waals surface area contributed by atoms with Gasteiger partial charge < -0.3 is 18.9 Å². The van der Waals surface area contributed by atoms with E-state index in [9.17, 15) is 9.59 Å². The number of rotatable bonds is 26. The minimum atomic E-state index is -0.355. The van der Waals surface area contributed by atoms with Crippen molar-refractivity contribution in [2.75, 3.05) is 39.6 Å². The smallest absolute Gasteiger partial charge is 0.338 e. The lowest BCUT2D eigenvalue weighted by Crippen LogP contribution is -2.15. The highest BCUT2D eigenvalue weighted by Gasteiger charge is 2.05. The second-order valence-corrected chi connectivity index (χ2v) is 9.65. The van der Waals surface area contributed by atoms with E-state index in [1.165, 1.54) is 83.5 Å². The van der Waals surface area contributed by atoms with E-state index in [4.69, 9.17) is 18.9 Å². The number of unbranched alkanes of at least 4 members (excludes halogenated alkanes) is 14. The number of ether oxygens (including phenoxy) is 4. The molecule has 0 amide bonds. The predicted octanol–water partition coefficient (Wildman–Crippen LogP) is 7.68. The molecular formula is C31H52O6. The van der Waals surface area contributed by atoms with Gasteiger partial charge in [-0.3, -0.25) is 4.79 Å². The van der Waals surface area contributed by atoms with E-state index in [2.05, 4.69) is 6.92 Å². The number of esters is 2. The molecule has 6 nitrogen and oxygen atoms in total. The molecule has 0 aliphatic heterocycles. The molecule has 0 unspecified atom stereocenters. The number of hydrogen-bond donors (Lipinski definition) is 0. The molecule has 0 bridgehead atoms. The Balaban J connectivity index is 1.74. The molecule has 1 aromatic carbocycles.